The lowest BCUT2D eigenvalue weighted by atomic mass is 10.3. The maximum atomic E-state index is 8.65. The van der Waals surface area contributed by atoms with Gasteiger partial charge in [-0.25, -0.2) is 0 Å². The zero-order valence-corrected chi connectivity index (χ0v) is 6.83. The van der Waals surface area contributed by atoms with Crippen LogP contribution in [0, 0.1) is 0 Å². The van der Waals surface area contributed by atoms with Crippen LogP contribution >= 0.6 is 0 Å². The Morgan fingerprint density at radius 2 is 1.46 bits per heavy atom. The summed E-state index contributed by atoms with van der Waals surface area (Å²) in [6, 6.07) is 5.85. The fourth-order valence-electron chi connectivity index (χ4n) is 0.493. The van der Waals surface area contributed by atoms with Gasteiger partial charge in [-0.05, 0) is 12.1 Å². The number of aromatic hydroxyl groups is 2. The van der Waals surface area contributed by atoms with Gasteiger partial charge in [0.05, 0.1) is 6.61 Å². The number of rotatable bonds is 1. The number of phenolic OH excluding ortho intramolecular Hbond substituents is 2. The smallest absolute Gasteiger partial charge is 0.175 e. The van der Waals surface area contributed by atoms with Crippen molar-refractivity contribution in [2.24, 2.45) is 0 Å². The van der Waals surface area contributed by atoms with Gasteiger partial charge in [-0.2, -0.15) is 0 Å². The molecular formula is C8H12O5. The van der Waals surface area contributed by atoms with Gasteiger partial charge in [0, 0.05) is 6.07 Å². The molecule has 0 unspecified atom stereocenters. The molecule has 0 saturated carbocycles. The van der Waals surface area contributed by atoms with Gasteiger partial charge in [0.1, 0.15) is 11.5 Å². The van der Waals surface area contributed by atoms with Gasteiger partial charge in [0.2, 0.25) is 0 Å². The largest absolute Gasteiger partial charge is 0.508 e. The highest BCUT2D eigenvalue weighted by Crippen LogP contribution is 2.14. The molecule has 0 aliphatic heterocycles. The molecule has 0 spiro atoms. The summed E-state index contributed by atoms with van der Waals surface area (Å²) in [5, 5.41) is 40.3. The van der Waals surface area contributed by atoms with Crippen LogP contribution in [-0.2, 0) is 0 Å². The number of aliphatic hydroxyl groups excluding tert-OH is 2. The fraction of sp³-hybridized carbons (Fsp3) is 0.250. The van der Waals surface area contributed by atoms with E-state index in [0.717, 1.165) is 0 Å². The minimum absolute atomic E-state index is 0.0880. The predicted molar refractivity (Wildman–Crippen MR) is 45.1 cm³/mol. The first-order valence-electron chi connectivity index (χ1n) is 3.51. The van der Waals surface area contributed by atoms with Gasteiger partial charge in [-0.1, -0.05) is 6.07 Å². The van der Waals surface area contributed by atoms with Gasteiger partial charge in [0.25, 0.3) is 0 Å². The zero-order chi connectivity index (χ0) is 10.3. The first-order valence-corrected chi connectivity index (χ1v) is 3.51. The Hall–Kier alpha value is -1.30. The molecule has 5 nitrogen and oxygen atoms in total. The van der Waals surface area contributed by atoms with E-state index in [2.05, 4.69) is 0 Å². The van der Waals surface area contributed by atoms with Crippen LogP contribution in [0.2, 0.25) is 0 Å². The van der Waals surface area contributed by atoms with Crippen molar-refractivity contribution >= 4 is 0 Å². The number of aliphatic hydroxyl groups is 3. The quantitative estimate of drug-likeness (QED) is 0.378. The van der Waals surface area contributed by atoms with Gasteiger partial charge < -0.3 is 25.5 Å². The summed E-state index contributed by atoms with van der Waals surface area (Å²) in [6.45, 7) is -0.583. The monoisotopic (exact) mass is 188 g/mol. The summed E-state index contributed by atoms with van der Waals surface area (Å²) in [7, 11) is 0. The molecule has 5 N–H and O–H groups in total. The third-order valence-electron chi connectivity index (χ3n) is 0.993. The van der Waals surface area contributed by atoms with E-state index < -0.39 is 12.9 Å². The minimum atomic E-state index is -1.56. The van der Waals surface area contributed by atoms with E-state index in [4.69, 9.17) is 25.5 Å². The van der Waals surface area contributed by atoms with Crippen LogP contribution < -0.4 is 0 Å². The number of benzene rings is 1. The van der Waals surface area contributed by atoms with Crippen LogP contribution in [-0.4, -0.2) is 38.4 Å². The predicted octanol–water partition coefficient (Wildman–Crippen LogP) is -0.613. The molecule has 0 aliphatic carbocycles. The lowest BCUT2D eigenvalue weighted by Gasteiger charge is -1.89. The Bertz CT molecular complexity index is 218. The second-order valence-electron chi connectivity index (χ2n) is 2.18. The van der Waals surface area contributed by atoms with Gasteiger partial charge in [0.15, 0.2) is 6.29 Å². The van der Waals surface area contributed by atoms with Crippen molar-refractivity contribution in [1.29, 1.82) is 0 Å². The van der Waals surface area contributed by atoms with Crippen LogP contribution in [0.25, 0.3) is 0 Å². The summed E-state index contributed by atoms with van der Waals surface area (Å²) >= 11 is 0. The first-order chi connectivity index (χ1) is 6.06. The minimum Gasteiger partial charge on any atom is -0.508 e. The molecule has 74 valence electrons. The highest BCUT2D eigenvalue weighted by Gasteiger charge is 1.85. The van der Waals surface area contributed by atoms with E-state index in [1.807, 2.05) is 0 Å². The molecule has 0 aliphatic rings. The van der Waals surface area contributed by atoms with Crippen LogP contribution in [0.5, 0.6) is 11.5 Å². The van der Waals surface area contributed by atoms with Crippen molar-refractivity contribution < 1.29 is 25.5 Å². The van der Waals surface area contributed by atoms with Crippen LogP contribution in [0.15, 0.2) is 24.3 Å². The van der Waals surface area contributed by atoms with Gasteiger partial charge in [-0.15, -0.1) is 0 Å². The van der Waals surface area contributed by atoms with E-state index in [1.165, 1.54) is 18.2 Å². The highest BCUT2D eigenvalue weighted by atomic mass is 16.5. The van der Waals surface area contributed by atoms with Crippen molar-refractivity contribution in [3.63, 3.8) is 0 Å². The zero-order valence-electron chi connectivity index (χ0n) is 6.83. The Labute approximate surface area is 75.1 Å². The Morgan fingerprint density at radius 1 is 1.08 bits per heavy atom. The molecule has 0 saturated heterocycles. The molecule has 0 aromatic heterocycles. The van der Waals surface area contributed by atoms with Crippen molar-refractivity contribution in [2.45, 2.75) is 6.29 Å². The van der Waals surface area contributed by atoms with E-state index in [0.29, 0.717) is 0 Å². The highest BCUT2D eigenvalue weighted by molar-refractivity contribution is 5.30. The van der Waals surface area contributed by atoms with Crippen molar-refractivity contribution in [2.75, 3.05) is 6.61 Å². The van der Waals surface area contributed by atoms with E-state index in [1.54, 1.807) is 6.07 Å². The SMILES string of the molecule is OCC(O)O.Oc1cccc(O)c1. The molecule has 0 bridgehead atoms. The van der Waals surface area contributed by atoms with Crippen LogP contribution in [0.4, 0.5) is 0 Å². The van der Waals surface area contributed by atoms with Crippen LogP contribution in [0.3, 0.4) is 0 Å². The summed E-state index contributed by atoms with van der Waals surface area (Å²) < 4.78 is 0. The molecule has 1 aromatic rings. The summed E-state index contributed by atoms with van der Waals surface area (Å²) in [5.41, 5.74) is 0. The summed E-state index contributed by atoms with van der Waals surface area (Å²) in [6.07, 6.45) is -1.56. The molecule has 5 heteroatoms. The topological polar surface area (TPSA) is 101 Å². The third-order valence-corrected chi connectivity index (χ3v) is 0.993. The lowest BCUT2D eigenvalue weighted by Crippen LogP contribution is -2.08. The second-order valence-corrected chi connectivity index (χ2v) is 2.18. The lowest BCUT2D eigenvalue weighted by molar-refractivity contribution is -0.0747. The number of hydrogen-bond donors (Lipinski definition) is 5. The maximum Gasteiger partial charge on any atom is 0.175 e. The molecule has 0 heterocycles. The van der Waals surface area contributed by atoms with E-state index in [9.17, 15) is 0 Å². The Morgan fingerprint density at radius 3 is 1.62 bits per heavy atom. The molecule has 0 atom stereocenters. The average molecular weight is 188 g/mol. The molecule has 0 amide bonds. The molecule has 0 fully saturated rings. The van der Waals surface area contributed by atoms with E-state index in [-0.39, 0.29) is 11.5 Å². The first kappa shape index (κ1) is 11.7. The summed E-state index contributed by atoms with van der Waals surface area (Å²) in [5.74, 6) is 0.176. The van der Waals surface area contributed by atoms with E-state index >= 15 is 0 Å². The molecule has 0 radical (unpaired) electrons. The second kappa shape index (κ2) is 6.24. The standard InChI is InChI=1S/C6H6O2.C2H6O3/c7-5-2-1-3-6(8)4-5;3-1-2(4)5/h1-4,7-8H;2-5H,1H2. The van der Waals surface area contributed by atoms with Crippen molar-refractivity contribution in [3.05, 3.63) is 24.3 Å². The fourth-order valence-corrected chi connectivity index (χ4v) is 0.493. The molecule has 13 heavy (non-hydrogen) atoms. The average Bonchev–Trinajstić information content (AvgIpc) is 2.05. The Kier molecular flexibility index (Phi) is 5.62. The molecule has 1 aromatic carbocycles. The third kappa shape index (κ3) is 7.07. The normalized spacial score (nSPS) is 9.23. The Balaban J connectivity index is 0.000000252. The van der Waals surface area contributed by atoms with Crippen molar-refractivity contribution in [3.8, 4) is 11.5 Å². The summed E-state index contributed by atoms with van der Waals surface area (Å²) in [4.78, 5) is 0. The molecular weight excluding hydrogens is 176 g/mol. The number of phenols is 2. The van der Waals surface area contributed by atoms with Crippen LogP contribution in [0.1, 0.15) is 0 Å². The molecule has 1 rings (SSSR count). The number of hydrogen-bond acceptors (Lipinski definition) is 5. The van der Waals surface area contributed by atoms with Gasteiger partial charge >= 0.3 is 0 Å². The van der Waals surface area contributed by atoms with Gasteiger partial charge in [-0.3, -0.25) is 0 Å². The van der Waals surface area contributed by atoms with Crippen molar-refractivity contribution in [1.82, 2.24) is 0 Å². The maximum absolute atomic E-state index is 8.65.